The summed E-state index contributed by atoms with van der Waals surface area (Å²) >= 11 is 0. The number of piperidine rings is 1. The van der Waals surface area contributed by atoms with E-state index in [1.165, 1.54) is 45.2 Å². The highest BCUT2D eigenvalue weighted by atomic mass is 16.2. The van der Waals surface area contributed by atoms with E-state index in [0.29, 0.717) is 19.0 Å². The van der Waals surface area contributed by atoms with Gasteiger partial charge in [-0.1, -0.05) is 12.8 Å². The largest absolute Gasteiger partial charge is 0.356 e. The molecule has 0 aromatic carbocycles. The normalized spacial score (nSPS) is 26.0. The molecule has 2 amide bonds. The van der Waals surface area contributed by atoms with Crippen LogP contribution in [0.5, 0.6) is 0 Å². The Labute approximate surface area is 146 Å². The molecular formula is C19H33N3O2. The molecule has 5 heteroatoms. The molecule has 3 aliphatic rings. The molecule has 3 rings (SSSR count). The first kappa shape index (κ1) is 17.7. The third-order valence-corrected chi connectivity index (χ3v) is 5.72. The molecular weight excluding hydrogens is 302 g/mol. The third-order valence-electron chi connectivity index (χ3n) is 5.72. The Morgan fingerprint density at radius 2 is 1.67 bits per heavy atom. The van der Waals surface area contributed by atoms with Crippen molar-refractivity contribution in [3.63, 3.8) is 0 Å². The van der Waals surface area contributed by atoms with Crippen LogP contribution in [0, 0.1) is 5.92 Å². The second-order valence-corrected chi connectivity index (χ2v) is 7.75. The number of hydrogen-bond donors (Lipinski definition) is 1. The van der Waals surface area contributed by atoms with Gasteiger partial charge in [-0.15, -0.1) is 0 Å². The molecule has 0 unspecified atom stereocenters. The summed E-state index contributed by atoms with van der Waals surface area (Å²) in [5.74, 6) is 0.717. The van der Waals surface area contributed by atoms with Crippen molar-refractivity contribution in [2.45, 2.75) is 70.3 Å². The lowest BCUT2D eigenvalue weighted by Gasteiger charge is -2.39. The minimum atomic E-state index is 0.182. The fraction of sp³-hybridized carbons (Fsp3) is 0.895. The Balaban J connectivity index is 1.36. The van der Waals surface area contributed by atoms with Gasteiger partial charge >= 0.3 is 0 Å². The molecule has 0 bridgehead atoms. The molecule has 24 heavy (non-hydrogen) atoms. The number of rotatable bonds is 6. The zero-order chi connectivity index (χ0) is 16.8. The number of carbonyl (C=O) groups is 2. The predicted molar refractivity (Wildman–Crippen MR) is 94.6 cm³/mol. The average molecular weight is 335 g/mol. The highest BCUT2D eigenvalue weighted by Crippen LogP contribution is 2.28. The first-order valence-electron chi connectivity index (χ1n) is 10.0. The molecule has 2 heterocycles. The van der Waals surface area contributed by atoms with Crippen molar-refractivity contribution >= 4 is 11.8 Å². The van der Waals surface area contributed by atoms with Crippen molar-refractivity contribution in [1.29, 1.82) is 0 Å². The van der Waals surface area contributed by atoms with Gasteiger partial charge in [0, 0.05) is 38.0 Å². The summed E-state index contributed by atoms with van der Waals surface area (Å²) in [6.07, 6.45) is 11.1. The van der Waals surface area contributed by atoms with Crippen LogP contribution in [0.4, 0.5) is 0 Å². The van der Waals surface area contributed by atoms with Crippen molar-refractivity contribution in [3.05, 3.63) is 0 Å². The molecule has 3 fully saturated rings. The minimum absolute atomic E-state index is 0.182. The van der Waals surface area contributed by atoms with Gasteiger partial charge in [-0.25, -0.2) is 0 Å². The topological polar surface area (TPSA) is 52.7 Å². The number of carbonyl (C=O) groups excluding carboxylic acids is 2. The quantitative estimate of drug-likeness (QED) is 0.757. The summed E-state index contributed by atoms with van der Waals surface area (Å²) in [5.41, 5.74) is 0. The lowest BCUT2D eigenvalue weighted by molar-refractivity contribution is -0.133. The maximum atomic E-state index is 12.5. The standard InChI is InChI=1S/C19H33N3O2/c23-18(8-5-11-20-19(24)16-9-10-16)22-14-6-7-17(15-22)21-12-3-1-2-4-13-21/h16-17H,1-15H2,(H,20,24)/t17-/m0/s1. The van der Waals surface area contributed by atoms with Gasteiger partial charge in [0.1, 0.15) is 0 Å². The smallest absolute Gasteiger partial charge is 0.223 e. The molecule has 0 radical (unpaired) electrons. The van der Waals surface area contributed by atoms with E-state index in [0.717, 1.165) is 38.8 Å². The van der Waals surface area contributed by atoms with E-state index in [9.17, 15) is 9.59 Å². The van der Waals surface area contributed by atoms with Crippen molar-refractivity contribution < 1.29 is 9.59 Å². The van der Waals surface area contributed by atoms with Crippen LogP contribution in [0.15, 0.2) is 0 Å². The zero-order valence-electron chi connectivity index (χ0n) is 15.0. The number of hydrogen-bond acceptors (Lipinski definition) is 3. The third kappa shape index (κ3) is 5.20. The van der Waals surface area contributed by atoms with E-state index < -0.39 is 0 Å². The van der Waals surface area contributed by atoms with Crippen LogP contribution < -0.4 is 5.32 Å². The van der Waals surface area contributed by atoms with Crippen LogP contribution in [-0.2, 0) is 9.59 Å². The fourth-order valence-electron chi connectivity index (χ4n) is 4.04. The van der Waals surface area contributed by atoms with Gasteiger partial charge in [0.25, 0.3) is 0 Å². The maximum Gasteiger partial charge on any atom is 0.223 e. The van der Waals surface area contributed by atoms with Crippen LogP contribution in [0.25, 0.3) is 0 Å². The van der Waals surface area contributed by atoms with E-state index in [4.69, 9.17) is 0 Å². The molecule has 136 valence electrons. The molecule has 1 saturated carbocycles. The minimum Gasteiger partial charge on any atom is -0.356 e. The van der Waals surface area contributed by atoms with E-state index in [1.807, 2.05) is 0 Å². The molecule has 2 saturated heterocycles. The zero-order valence-corrected chi connectivity index (χ0v) is 15.0. The Morgan fingerprint density at radius 3 is 2.38 bits per heavy atom. The number of nitrogens with zero attached hydrogens (tertiary/aromatic N) is 2. The number of nitrogens with one attached hydrogen (secondary N) is 1. The molecule has 5 nitrogen and oxygen atoms in total. The summed E-state index contributed by atoms with van der Waals surface area (Å²) < 4.78 is 0. The molecule has 0 aromatic rings. The molecule has 1 aliphatic carbocycles. The van der Waals surface area contributed by atoms with Crippen LogP contribution in [0.2, 0.25) is 0 Å². The van der Waals surface area contributed by atoms with E-state index in [-0.39, 0.29) is 17.7 Å². The predicted octanol–water partition coefficient (Wildman–Crippen LogP) is 2.16. The van der Waals surface area contributed by atoms with E-state index in [2.05, 4.69) is 15.1 Å². The van der Waals surface area contributed by atoms with Gasteiger partial charge in [-0.2, -0.15) is 0 Å². The highest BCUT2D eigenvalue weighted by Gasteiger charge is 2.30. The Morgan fingerprint density at radius 1 is 0.917 bits per heavy atom. The number of amides is 2. The van der Waals surface area contributed by atoms with Crippen LogP contribution >= 0.6 is 0 Å². The van der Waals surface area contributed by atoms with Crippen LogP contribution in [-0.4, -0.2) is 60.4 Å². The molecule has 0 aromatic heterocycles. The van der Waals surface area contributed by atoms with Crippen molar-refractivity contribution in [1.82, 2.24) is 15.1 Å². The first-order valence-corrected chi connectivity index (χ1v) is 10.0. The Bertz CT molecular complexity index is 428. The maximum absolute atomic E-state index is 12.5. The van der Waals surface area contributed by atoms with Crippen molar-refractivity contribution in [2.24, 2.45) is 5.92 Å². The lowest BCUT2D eigenvalue weighted by Crippen LogP contribution is -2.50. The highest BCUT2D eigenvalue weighted by molar-refractivity contribution is 5.81. The second kappa shape index (κ2) is 8.84. The van der Waals surface area contributed by atoms with Crippen LogP contribution in [0.1, 0.15) is 64.2 Å². The van der Waals surface area contributed by atoms with Crippen molar-refractivity contribution in [3.8, 4) is 0 Å². The summed E-state index contributed by atoms with van der Waals surface area (Å²) in [5, 5.41) is 2.95. The lowest BCUT2D eigenvalue weighted by atomic mass is 10.0. The van der Waals surface area contributed by atoms with Crippen molar-refractivity contribution in [2.75, 3.05) is 32.7 Å². The molecule has 2 aliphatic heterocycles. The van der Waals surface area contributed by atoms with Gasteiger partial charge in [0.2, 0.25) is 11.8 Å². The van der Waals surface area contributed by atoms with E-state index in [1.54, 1.807) is 0 Å². The van der Waals surface area contributed by atoms with Gasteiger partial charge in [0.05, 0.1) is 0 Å². The Kier molecular flexibility index (Phi) is 6.52. The second-order valence-electron chi connectivity index (χ2n) is 7.75. The van der Waals surface area contributed by atoms with Gasteiger partial charge in [-0.05, 0) is 58.0 Å². The molecule has 1 atom stereocenters. The molecule has 1 N–H and O–H groups in total. The SMILES string of the molecule is O=C(NCCCC(=O)N1CCC[C@H](N2CCCCCC2)C1)C1CC1. The summed E-state index contributed by atoms with van der Waals surface area (Å²) in [6.45, 7) is 4.88. The Hall–Kier alpha value is -1.10. The van der Waals surface area contributed by atoms with Crippen LogP contribution in [0.3, 0.4) is 0 Å². The summed E-state index contributed by atoms with van der Waals surface area (Å²) in [6, 6.07) is 0.565. The number of likely N-dealkylation sites (tertiary alicyclic amines) is 2. The van der Waals surface area contributed by atoms with Gasteiger partial charge < -0.3 is 10.2 Å². The average Bonchev–Trinajstić information content (AvgIpc) is 3.45. The monoisotopic (exact) mass is 335 g/mol. The van der Waals surface area contributed by atoms with E-state index >= 15 is 0 Å². The fourth-order valence-corrected chi connectivity index (χ4v) is 4.04. The van der Waals surface area contributed by atoms with Gasteiger partial charge in [-0.3, -0.25) is 14.5 Å². The van der Waals surface area contributed by atoms with Gasteiger partial charge in [0.15, 0.2) is 0 Å². The molecule has 0 spiro atoms. The summed E-state index contributed by atoms with van der Waals surface area (Å²) in [7, 11) is 0. The summed E-state index contributed by atoms with van der Waals surface area (Å²) in [4.78, 5) is 28.8. The first-order chi connectivity index (χ1) is 11.7.